The first-order valence-electron chi connectivity index (χ1n) is 9.70. The Morgan fingerprint density at radius 2 is 1.96 bits per heavy atom. The number of pyridine rings is 1. The van der Waals surface area contributed by atoms with Gasteiger partial charge in [0, 0.05) is 18.1 Å². The Labute approximate surface area is 164 Å². The highest BCUT2D eigenvalue weighted by Crippen LogP contribution is 2.23. The van der Waals surface area contributed by atoms with E-state index in [4.69, 9.17) is 0 Å². The summed E-state index contributed by atoms with van der Waals surface area (Å²) in [6.45, 7) is 0.633. The zero-order valence-corrected chi connectivity index (χ0v) is 15.7. The zero-order chi connectivity index (χ0) is 19.2. The molecule has 142 valence electrons. The molecule has 1 amide bonds. The van der Waals surface area contributed by atoms with Crippen molar-refractivity contribution in [3.63, 3.8) is 0 Å². The van der Waals surface area contributed by atoms with Gasteiger partial charge in [-0.25, -0.2) is 0 Å². The smallest absolute Gasteiger partial charge is 0.271 e. The number of carbonyl (C=O) groups excluding carboxylic acids is 1. The lowest BCUT2D eigenvalue weighted by Gasteiger charge is -2.12. The minimum atomic E-state index is -0.192. The van der Waals surface area contributed by atoms with Crippen molar-refractivity contribution in [2.45, 2.75) is 32.1 Å². The van der Waals surface area contributed by atoms with Gasteiger partial charge in [-0.2, -0.15) is 0 Å². The van der Waals surface area contributed by atoms with Gasteiger partial charge in [0.25, 0.3) is 5.91 Å². The fourth-order valence-corrected chi connectivity index (χ4v) is 3.42. The van der Waals surface area contributed by atoms with Gasteiger partial charge < -0.3 is 10.6 Å². The number of nitrogens with one attached hydrogen (secondary N) is 2. The predicted octanol–water partition coefficient (Wildman–Crippen LogP) is 4.39. The third-order valence-electron chi connectivity index (χ3n) is 4.91. The molecule has 6 nitrogen and oxygen atoms in total. The minimum absolute atomic E-state index is 0.192. The van der Waals surface area contributed by atoms with Crippen LogP contribution in [0.1, 0.15) is 42.6 Å². The monoisotopic (exact) mass is 373 g/mol. The molecular weight excluding hydrogens is 350 g/mol. The number of carbonyl (C=O) groups is 1. The van der Waals surface area contributed by atoms with E-state index < -0.39 is 0 Å². The molecular formula is C22H23N5O. The molecule has 2 heterocycles. The summed E-state index contributed by atoms with van der Waals surface area (Å²) in [7, 11) is 0. The number of rotatable bonds is 6. The Bertz CT molecular complexity index is 992. The maximum Gasteiger partial charge on any atom is 0.271 e. The van der Waals surface area contributed by atoms with Crippen molar-refractivity contribution in [1.82, 2.24) is 20.5 Å². The fraction of sp³-hybridized carbons (Fsp3) is 0.273. The van der Waals surface area contributed by atoms with Gasteiger partial charge in [0.15, 0.2) is 11.5 Å². The van der Waals surface area contributed by atoms with E-state index in [-0.39, 0.29) is 5.91 Å². The maximum atomic E-state index is 12.3. The normalized spacial score (nSPS) is 13.8. The molecule has 2 aromatic heterocycles. The standard InChI is InChI=1S/C22H23N5O/c28-22(24-15-13-16-6-2-1-3-7-16)19-11-12-20(27-26-19)25-18-10-4-8-17-9-5-14-23-21(17)18/h4-6,8-12,14H,1-3,7,13,15H2,(H,24,28)(H,25,27). The lowest BCUT2D eigenvalue weighted by molar-refractivity contribution is 0.0948. The number of nitrogens with zero attached hydrogens (tertiary/aromatic N) is 3. The molecule has 0 saturated heterocycles. The summed E-state index contributed by atoms with van der Waals surface area (Å²) >= 11 is 0. The second-order valence-electron chi connectivity index (χ2n) is 6.92. The number of allylic oxidation sites excluding steroid dienone is 1. The number of hydrogen-bond donors (Lipinski definition) is 2. The number of para-hydroxylation sites is 1. The molecule has 6 heteroatoms. The quantitative estimate of drug-likeness (QED) is 0.627. The van der Waals surface area contributed by atoms with Crippen LogP contribution >= 0.6 is 0 Å². The molecule has 0 aliphatic heterocycles. The van der Waals surface area contributed by atoms with Crippen molar-refractivity contribution in [1.29, 1.82) is 0 Å². The van der Waals surface area contributed by atoms with Crippen molar-refractivity contribution in [2.24, 2.45) is 0 Å². The molecule has 0 atom stereocenters. The molecule has 0 saturated carbocycles. The first-order valence-corrected chi connectivity index (χ1v) is 9.70. The number of hydrogen-bond acceptors (Lipinski definition) is 5. The van der Waals surface area contributed by atoms with Gasteiger partial charge in [-0.05, 0) is 56.4 Å². The third-order valence-corrected chi connectivity index (χ3v) is 4.91. The van der Waals surface area contributed by atoms with Crippen LogP contribution in [0.15, 0.2) is 60.3 Å². The van der Waals surface area contributed by atoms with Crippen LogP contribution < -0.4 is 10.6 Å². The van der Waals surface area contributed by atoms with E-state index in [1.807, 2.05) is 30.3 Å². The lowest BCUT2D eigenvalue weighted by atomic mass is 9.97. The van der Waals surface area contributed by atoms with Crippen molar-refractivity contribution < 1.29 is 4.79 Å². The van der Waals surface area contributed by atoms with Gasteiger partial charge in [-0.3, -0.25) is 9.78 Å². The molecule has 0 radical (unpaired) electrons. The van der Waals surface area contributed by atoms with Gasteiger partial charge in [-0.15, -0.1) is 10.2 Å². The third kappa shape index (κ3) is 4.34. The molecule has 1 aliphatic carbocycles. The van der Waals surface area contributed by atoms with Crippen molar-refractivity contribution in [2.75, 3.05) is 11.9 Å². The minimum Gasteiger partial charge on any atom is -0.350 e. The molecule has 0 unspecified atom stereocenters. The SMILES string of the molecule is O=C(NCCC1=CCCCC1)c1ccc(Nc2cccc3cccnc23)nn1. The molecule has 1 aromatic carbocycles. The topological polar surface area (TPSA) is 79.8 Å². The number of amides is 1. The Kier molecular flexibility index (Phi) is 5.56. The molecule has 3 aromatic rings. The number of aromatic nitrogens is 3. The highest BCUT2D eigenvalue weighted by molar-refractivity contribution is 5.93. The molecule has 0 spiro atoms. The second-order valence-corrected chi connectivity index (χ2v) is 6.92. The summed E-state index contributed by atoms with van der Waals surface area (Å²) in [5.41, 5.74) is 3.48. The predicted molar refractivity (Wildman–Crippen MR) is 111 cm³/mol. The largest absolute Gasteiger partial charge is 0.350 e. The summed E-state index contributed by atoms with van der Waals surface area (Å²) in [6, 6.07) is 13.3. The van der Waals surface area contributed by atoms with E-state index >= 15 is 0 Å². The second kappa shape index (κ2) is 8.61. The first kappa shape index (κ1) is 18.1. The highest BCUT2D eigenvalue weighted by atomic mass is 16.1. The summed E-state index contributed by atoms with van der Waals surface area (Å²) in [4.78, 5) is 16.7. The van der Waals surface area contributed by atoms with Crippen LogP contribution in [-0.2, 0) is 0 Å². The van der Waals surface area contributed by atoms with Gasteiger partial charge in [-0.1, -0.05) is 29.8 Å². The summed E-state index contributed by atoms with van der Waals surface area (Å²) < 4.78 is 0. The Morgan fingerprint density at radius 3 is 2.79 bits per heavy atom. The molecule has 1 aliphatic rings. The zero-order valence-electron chi connectivity index (χ0n) is 15.7. The Morgan fingerprint density at radius 1 is 1.04 bits per heavy atom. The molecule has 0 fully saturated rings. The maximum absolute atomic E-state index is 12.3. The average Bonchev–Trinajstić information content (AvgIpc) is 2.75. The van der Waals surface area contributed by atoms with Crippen LogP contribution in [0.2, 0.25) is 0 Å². The summed E-state index contributed by atoms with van der Waals surface area (Å²) in [5, 5.41) is 15.4. The van der Waals surface area contributed by atoms with Crippen LogP contribution in [0, 0.1) is 0 Å². The van der Waals surface area contributed by atoms with Crippen molar-refractivity contribution >= 4 is 28.3 Å². The molecule has 4 rings (SSSR count). The summed E-state index contributed by atoms with van der Waals surface area (Å²) in [6.07, 6.45) is 9.82. The summed E-state index contributed by atoms with van der Waals surface area (Å²) in [5.74, 6) is 0.379. The van der Waals surface area contributed by atoms with Crippen LogP contribution in [0.25, 0.3) is 10.9 Å². The molecule has 2 N–H and O–H groups in total. The molecule has 0 bridgehead atoms. The van der Waals surface area contributed by atoms with Crippen molar-refractivity contribution in [3.05, 3.63) is 66.0 Å². The number of anilines is 2. The Balaban J connectivity index is 1.36. The van der Waals surface area contributed by atoms with E-state index in [2.05, 4.69) is 31.9 Å². The van der Waals surface area contributed by atoms with Crippen LogP contribution in [-0.4, -0.2) is 27.6 Å². The van der Waals surface area contributed by atoms with Gasteiger partial charge >= 0.3 is 0 Å². The Hall–Kier alpha value is -3.28. The average molecular weight is 373 g/mol. The van der Waals surface area contributed by atoms with E-state index in [0.717, 1.165) is 35.9 Å². The van der Waals surface area contributed by atoms with E-state index in [1.165, 1.54) is 18.4 Å². The number of benzene rings is 1. The van der Waals surface area contributed by atoms with Gasteiger partial charge in [0.2, 0.25) is 0 Å². The highest BCUT2D eigenvalue weighted by Gasteiger charge is 2.10. The van der Waals surface area contributed by atoms with Gasteiger partial charge in [0.1, 0.15) is 0 Å². The van der Waals surface area contributed by atoms with E-state index in [9.17, 15) is 4.79 Å². The van der Waals surface area contributed by atoms with E-state index in [0.29, 0.717) is 18.1 Å². The van der Waals surface area contributed by atoms with Crippen LogP contribution in [0.3, 0.4) is 0 Å². The van der Waals surface area contributed by atoms with E-state index in [1.54, 1.807) is 18.3 Å². The molecule has 28 heavy (non-hydrogen) atoms. The number of fused-ring (bicyclic) bond motifs is 1. The first-order chi connectivity index (χ1) is 13.8. The van der Waals surface area contributed by atoms with Crippen LogP contribution in [0.4, 0.5) is 11.5 Å². The van der Waals surface area contributed by atoms with Gasteiger partial charge in [0.05, 0.1) is 11.2 Å². The lowest BCUT2D eigenvalue weighted by Crippen LogP contribution is -2.26. The van der Waals surface area contributed by atoms with Crippen LogP contribution in [0.5, 0.6) is 0 Å². The van der Waals surface area contributed by atoms with Crippen molar-refractivity contribution in [3.8, 4) is 0 Å². The fourth-order valence-electron chi connectivity index (χ4n) is 3.42.